The van der Waals surface area contributed by atoms with Crippen LogP contribution in [0.2, 0.25) is 0 Å². The lowest BCUT2D eigenvalue weighted by molar-refractivity contribution is -0.126. The topological polar surface area (TPSA) is 58.2 Å². The van der Waals surface area contributed by atoms with E-state index in [1.165, 1.54) is 6.07 Å². The zero-order valence-electron chi connectivity index (χ0n) is 11.2. The first-order valence-corrected chi connectivity index (χ1v) is 7.32. The summed E-state index contributed by atoms with van der Waals surface area (Å²) < 4.78 is 49.1. The second-order valence-electron chi connectivity index (χ2n) is 4.62. The Labute approximate surface area is 127 Å². The highest BCUT2D eigenvalue weighted by atomic mass is 32.2. The average Bonchev–Trinajstić information content (AvgIpc) is 2.40. The third-order valence-electron chi connectivity index (χ3n) is 3.04. The van der Waals surface area contributed by atoms with Crippen LogP contribution in [0.1, 0.15) is 17.9 Å². The molecule has 1 unspecified atom stereocenters. The first-order valence-electron chi connectivity index (χ1n) is 6.34. The van der Waals surface area contributed by atoms with Gasteiger partial charge in [0.05, 0.1) is 5.92 Å². The monoisotopic (exact) mass is 336 g/mol. The third-order valence-corrected chi connectivity index (χ3v) is 3.77. The average molecular weight is 336 g/mol. The summed E-state index contributed by atoms with van der Waals surface area (Å²) in [4.78, 5) is 23.6. The molecule has 22 heavy (non-hydrogen) atoms. The molecular formula is C13H12F4N2O2S. The van der Waals surface area contributed by atoms with Crippen LogP contribution >= 0.6 is 11.8 Å². The molecule has 1 heterocycles. The van der Waals surface area contributed by atoms with Gasteiger partial charge in [-0.2, -0.15) is 13.2 Å². The Kier molecular flexibility index (Phi) is 4.94. The van der Waals surface area contributed by atoms with E-state index in [0.717, 1.165) is 12.1 Å². The van der Waals surface area contributed by atoms with Crippen LogP contribution in [-0.4, -0.2) is 29.6 Å². The van der Waals surface area contributed by atoms with Crippen molar-refractivity contribution >= 4 is 29.3 Å². The number of hydrogen-bond donors (Lipinski definition) is 2. The molecule has 0 aromatic heterocycles. The van der Waals surface area contributed by atoms with Crippen LogP contribution in [0.4, 0.5) is 23.2 Å². The molecule has 1 aromatic carbocycles. The van der Waals surface area contributed by atoms with Gasteiger partial charge in [0.2, 0.25) is 11.8 Å². The number of rotatable bonds is 4. The van der Waals surface area contributed by atoms with Gasteiger partial charge in [0.25, 0.3) is 0 Å². The Morgan fingerprint density at radius 1 is 1.41 bits per heavy atom. The van der Waals surface area contributed by atoms with Crippen LogP contribution in [-0.2, 0) is 9.59 Å². The van der Waals surface area contributed by atoms with Gasteiger partial charge in [0.1, 0.15) is 5.82 Å². The Hall–Kier alpha value is -1.77. The van der Waals surface area contributed by atoms with E-state index in [2.05, 4.69) is 10.6 Å². The number of carbonyl (C=O) groups excluding carboxylic acids is 2. The summed E-state index contributed by atoms with van der Waals surface area (Å²) in [5.74, 6) is -2.69. The minimum Gasteiger partial charge on any atom is -0.355 e. The molecule has 120 valence electrons. The summed E-state index contributed by atoms with van der Waals surface area (Å²) in [7, 11) is 0. The van der Waals surface area contributed by atoms with Crippen molar-refractivity contribution in [2.75, 3.05) is 17.6 Å². The maximum absolute atomic E-state index is 13.1. The van der Waals surface area contributed by atoms with Crippen molar-refractivity contribution in [2.24, 2.45) is 0 Å². The predicted molar refractivity (Wildman–Crippen MR) is 73.9 cm³/mol. The molecule has 9 heteroatoms. The number of fused-ring (bicyclic) bond motifs is 1. The molecule has 0 spiro atoms. The van der Waals surface area contributed by atoms with Crippen LogP contribution in [0.15, 0.2) is 18.2 Å². The van der Waals surface area contributed by atoms with Crippen LogP contribution in [0, 0.1) is 5.82 Å². The number of halogens is 4. The smallest absolute Gasteiger partial charge is 0.355 e. The van der Waals surface area contributed by atoms with E-state index in [0.29, 0.717) is 5.56 Å². The predicted octanol–water partition coefficient (Wildman–Crippen LogP) is 2.62. The number of alkyl halides is 3. The van der Waals surface area contributed by atoms with Crippen molar-refractivity contribution in [2.45, 2.75) is 17.8 Å². The van der Waals surface area contributed by atoms with E-state index < -0.39 is 29.1 Å². The van der Waals surface area contributed by atoms with Gasteiger partial charge in [-0.1, -0.05) is 6.07 Å². The molecule has 2 amide bonds. The SMILES string of the molecule is O=C1CC(C(=O)NCCSC(F)(F)F)c2ccc(F)cc2N1. The number of amides is 2. The molecule has 2 rings (SSSR count). The lowest BCUT2D eigenvalue weighted by atomic mass is 9.90. The third kappa shape index (κ3) is 4.36. The molecule has 0 bridgehead atoms. The van der Waals surface area contributed by atoms with Crippen molar-refractivity contribution in [1.29, 1.82) is 0 Å². The fraction of sp³-hybridized carbons (Fsp3) is 0.385. The molecule has 0 radical (unpaired) electrons. The lowest BCUT2D eigenvalue weighted by Gasteiger charge is -2.24. The van der Waals surface area contributed by atoms with Gasteiger partial charge in [-0.3, -0.25) is 9.59 Å². The number of nitrogens with one attached hydrogen (secondary N) is 2. The minimum atomic E-state index is -4.35. The van der Waals surface area contributed by atoms with Gasteiger partial charge in [-0.05, 0) is 29.5 Å². The molecule has 1 aliphatic rings. The van der Waals surface area contributed by atoms with Gasteiger partial charge < -0.3 is 10.6 Å². The van der Waals surface area contributed by atoms with E-state index >= 15 is 0 Å². The first kappa shape index (κ1) is 16.6. The summed E-state index contributed by atoms with van der Waals surface area (Å²) in [6, 6.07) is 3.65. The molecular weight excluding hydrogens is 324 g/mol. The van der Waals surface area contributed by atoms with Gasteiger partial charge in [-0.25, -0.2) is 4.39 Å². The maximum atomic E-state index is 13.1. The Bertz CT molecular complexity index is 592. The van der Waals surface area contributed by atoms with Gasteiger partial charge >= 0.3 is 5.51 Å². The van der Waals surface area contributed by atoms with Crippen molar-refractivity contribution in [1.82, 2.24) is 5.32 Å². The maximum Gasteiger partial charge on any atom is 0.441 e. The molecule has 0 aliphatic carbocycles. The van der Waals surface area contributed by atoms with Crippen LogP contribution in [0.5, 0.6) is 0 Å². The van der Waals surface area contributed by atoms with Gasteiger partial charge in [0.15, 0.2) is 0 Å². The fourth-order valence-corrected chi connectivity index (χ4v) is 2.57. The molecule has 2 N–H and O–H groups in total. The van der Waals surface area contributed by atoms with Crippen molar-refractivity contribution in [3.8, 4) is 0 Å². The quantitative estimate of drug-likeness (QED) is 0.656. The number of benzene rings is 1. The van der Waals surface area contributed by atoms with Crippen molar-refractivity contribution in [3.63, 3.8) is 0 Å². The summed E-state index contributed by atoms with van der Waals surface area (Å²) in [6.45, 7) is -0.169. The molecule has 4 nitrogen and oxygen atoms in total. The van der Waals surface area contributed by atoms with Crippen molar-refractivity contribution in [3.05, 3.63) is 29.6 Å². The Morgan fingerprint density at radius 2 is 2.14 bits per heavy atom. The van der Waals surface area contributed by atoms with E-state index in [1.807, 2.05) is 0 Å². The lowest BCUT2D eigenvalue weighted by Crippen LogP contribution is -2.36. The normalized spacial score (nSPS) is 17.6. The summed E-state index contributed by atoms with van der Waals surface area (Å²) >= 11 is -0.233. The molecule has 0 saturated heterocycles. The van der Waals surface area contributed by atoms with E-state index in [9.17, 15) is 27.2 Å². The van der Waals surface area contributed by atoms with Gasteiger partial charge in [-0.15, -0.1) is 0 Å². The second kappa shape index (κ2) is 6.55. The molecule has 0 saturated carbocycles. The number of carbonyl (C=O) groups is 2. The number of anilines is 1. The van der Waals surface area contributed by atoms with E-state index in [1.54, 1.807) is 0 Å². The molecule has 1 atom stereocenters. The highest BCUT2D eigenvalue weighted by molar-refractivity contribution is 8.00. The zero-order chi connectivity index (χ0) is 16.3. The number of thioether (sulfide) groups is 1. The highest BCUT2D eigenvalue weighted by Gasteiger charge is 2.31. The first-order chi connectivity index (χ1) is 10.3. The summed E-state index contributed by atoms with van der Waals surface area (Å²) in [5.41, 5.74) is -3.69. The van der Waals surface area contributed by atoms with Crippen molar-refractivity contribution < 1.29 is 27.2 Å². The summed E-state index contributed by atoms with van der Waals surface area (Å²) in [6.07, 6.45) is -0.128. The highest BCUT2D eigenvalue weighted by Crippen LogP contribution is 2.33. The second-order valence-corrected chi connectivity index (χ2v) is 5.78. The van der Waals surface area contributed by atoms with E-state index in [-0.39, 0.29) is 36.2 Å². The Balaban J connectivity index is 2.00. The Morgan fingerprint density at radius 3 is 2.82 bits per heavy atom. The minimum absolute atomic E-state index is 0.128. The van der Waals surface area contributed by atoms with Crippen LogP contribution < -0.4 is 10.6 Å². The number of hydrogen-bond acceptors (Lipinski definition) is 3. The van der Waals surface area contributed by atoms with Crippen LogP contribution in [0.25, 0.3) is 0 Å². The van der Waals surface area contributed by atoms with Crippen LogP contribution in [0.3, 0.4) is 0 Å². The standard InChI is InChI=1S/C13H12F4N2O2S/c14-7-1-2-8-9(6-11(20)19-10(8)5-7)12(21)18-3-4-22-13(15,16)17/h1-2,5,9H,3-4,6H2,(H,18,21)(H,19,20). The van der Waals surface area contributed by atoms with E-state index in [4.69, 9.17) is 0 Å². The fourth-order valence-electron chi connectivity index (χ4n) is 2.14. The molecule has 1 aliphatic heterocycles. The largest absolute Gasteiger partial charge is 0.441 e. The summed E-state index contributed by atoms with van der Waals surface area (Å²) in [5, 5.41) is 4.83. The van der Waals surface area contributed by atoms with Gasteiger partial charge in [0, 0.05) is 24.4 Å². The molecule has 1 aromatic rings. The zero-order valence-corrected chi connectivity index (χ0v) is 12.0. The molecule has 0 fully saturated rings.